The molecule has 0 aromatic heterocycles. The Bertz CT molecular complexity index is 520. The van der Waals surface area contributed by atoms with Gasteiger partial charge >= 0.3 is 0 Å². The van der Waals surface area contributed by atoms with Gasteiger partial charge in [-0.15, -0.1) is 0 Å². The minimum Gasteiger partial charge on any atom is -0.359 e. The molecule has 0 spiro atoms. The lowest BCUT2D eigenvalue weighted by Gasteiger charge is -2.32. The van der Waals surface area contributed by atoms with Gasteiger partial charge in [-0.25, -0.2) is 0 Å². The number of hydrogen-bond donors (Lipinski definition) is 2. The van der Waals surface area contributed by atoms with E-state index in [9.17, 15) is 4.79 Å². The lowest BCUT2D eigenvalue weighted by atomic mass is 9.88. The Balaban J connectivity index is 2.23. The van der Waals surface area contributed by atoms with Crippen molar-refractivity contribution in [1.29, 1.82) is 0 Å². The number of carbonyl (C=O) groups excluding carboxylic acids is 1. The van der Waals surface area contributed by atoms with Gasteiger partial charge in [-0.05, 0) is 44.5 Å². The number of benzene rings is 1. The molecular weight excluding hydrogens is 286 g/mol. The highest BCUT2D eigenvalue weighted by molar-refractivity contribution is 6.30. The van der Waals surface area contributed by atoms with Gasteiger partial charge in [-0.1, -0.05) is 23.7 Å². The van der Waals surface area contributed by atoms with E-state index < -0.39 is 0 Å². The van der Waals surface area contributed by atoms with Crippen molar-refractivity contribution < 1.29 is 4.79 Å². The first-order valence-corrected chi connectivity index (χ1v) is 7.72. The lowest BCUT2D eigenvalue weighted by molar-refractivity contribution is -0.129. The van der Waals surface area contributed by atoms with E-state index >= 15 is 0 Å². The van der Waals surface area contributed by atoms with Gasteiger partial charge in [0.1, 0.15) is 0 Å². The third kappa shape index (κ3) is 3.39. The summed E-state index contributed by atoms with van der Waals surface area (Å²) in [5.74, 6) is 0.0968. The molecule has 4 nitrogen and oxygen atoms in total. The molecule has 5 heteroatoms. The molecule has 0 aliphatic carbocycles. The van der Waals surface area contributed by atoms with E-state index in [1.54, 1.807) is 7.05 Å². The Morgan fingerprint density at radius 1 is 1.52 bits per heavy atom. The molecule has 1 aromatic carbocycles. The Labute approximate surface area is 131 Å². The number of nitrogens with zero attached hydrogens (tertiary/aromatic N) is 1. The second-order valence-electron chi connectivity index (χ2n) is 6.22. The molecule has 0 radical (unpaired) electrons. The minimum atomic E-state index is -0.347. The van der Waals surface area contributed by atoms with Gasteiger partial charge in [0.15, 0.2) is 0 Å². The number of nitrogens with two attached hydrogens (primary N) is 1. The summed E-state index contributed by atoms with van der Waals surface area (Å²) in [4.78, 5) is 14.4. The van der Waals surface area contributed by atoms with Gasteiger partial charge in [0.05, 0.1) is 5.41 Å². The van der Waals surface area contributed by atoms with E-state index in [-0.39, 0.29) is 23.4 Å². The fourth-order valence-corrected chi connectivity index (χ4v) is 3.46. The summed E-state index contributed by atoms with van der Waals surface area (Å²) >= 11 is 6.11. The average Bonchev–Trinajstić information content (AvgIpc) is 2.81. The summed E-state index contributed by atoms with van der Waals surface area (Å²) < 4.78 is 0. The summed E-state index contributed by atoms with van der Waals surface area (Å²) in [7, 11) is 1.69. The number of amides is 1. The van der Waals surface area contributed by atoms with Crippen molar-refractivity contribution in [3.8, 4) is 0 Å². The molecule has 3 unspecified atom stereocenters. The Morgan fingerprint density at radius 3 is 2.81 bits per heavy atom. The molecule has 0 saturated carbocycles. The summed E-state index contributed by atoms with van der Waals surface area (Å²) in [6.45, 7) is 5.59. The molecule has 0 bridgehead atoms. The Hall–Kier alpha value is -1.10. The molecule has 3 N–H and O–H groups in total. The number of hydrogen-bond acceptors (Lipinski definition) is 3. The largest absolute Gasteiger partial charge is 0.359 e. The van der Waals surface area contributed by atoms with E-state index in [1.165, 1.54) is 0 Å². The number of likely N-dealkylation sites (tertiary alicyclic amines) is 1. The van der Waals surface area contributed by atoms with Gasteiger partial charge in [-0.3, -0.25) is 9.69 Å². The molecule has 1 heterocycles. The van der Waals surface area contributed by atoms with Crippen LogP contribution >= 0.6 is 11.6 Å². The van der Waals surface area contributed by atoms with Crippen LogP contribution in [0.15, 0.2) is 24.3 Å². The van der Waals surface area contributed by atoms with Crippen molar-refractivity contribution in [2.75, 3.05) is 20.1 Å². The van der Waals surface area contributed by atoms with E-state index in [2.05, 4.69) is 16.3 Å². The number of carbonyl (C=O) groups is 1. The maximum atomic E-state index is 12.1. The van der Waals surface area contributed by atoms with E-state index in [0.717, 1.165) is 18.5 Å². The van der Waals surface area contributed by atoms with Crippen molar-refractivity contribution in [3.05, 3.63) is 34.9 Å². The smallest absolute Gasteiger partial charge is 0.227 e. The predicted molar refractivity (Wildman–Crippen MR) is 86.2 cm³/mol. The maximum absolute atomic E-state index is 12.1. The van der Waals surface area contributed by atoms with Crippen LogP contribution in [0.1, 0.15) is 31.9 Å². The molecule has 1 amide bonds. The molecule has 1 aliphatic heterocycles. The van der Waals surface area contributed by atoms with Crippen LogP contribution in [-0.2, 0) is 4.79 Å². The second-order valence-corrected chi connectivity index (χ2v) is 6.66. The second kappa shape index (κ2) is 6.34. The number of rotatable bonds is 4. The highest BCUT2D eigenvalue weighted by Crippen LogP contribution is 2.37. The SMILES string of the molecule is CNC(=O)C1(C)CCN(C(c2cccc(Cl)c2)C(C)N)C1. The number of nitrogens with one attached hydrogen (secondary N) is 1. The van der Waals surface area contributed by atoms with Crippen molar-refractivity contribution in [1.82, 2.24) is 10.2 Å². The third-order valence-corrected chi connectivity index (χ3v) is 4.59. The summed E-state index contributed by atoms with van der Waals surface area (Å²) in [5.41, 5.74) is 6.97. The van der Waals surface area contributed by atoms with E-state index in [4.69, 9.17) is 17.3 Å². The topological polar surface area (TPSA) is 58.4 Å². The van der Waals surface area contributed by atoms with Crippen LogP contribution in [-0.4, -0.2) is 37.0 Å². The van der Waals surface area contributed by atoms with Crippen molar-refractivity contribution in [2.24, 2.45) is 11.1 Å². The fraction of sp³-hybridized carbons (Fsp3) is 0.562. The van der Waals surface area contributed by atoms with Gasteiger partial charge in [0, 0.05) is 30.7 Å². The zero-order chi connectivity index (χ0) is 15.6. The molecule has 1 saturated heterocycles. The molecule has 3 atom stereocenters. The minimum absolute atomic E-state index is 0.0319. The predicted octanol–water partition coefficient (Wildman–Crippen LogP) is 2.19. The quantitative estimate of drug-likeness (QED) is 0.896. The summed E-state index contributed by atoms with van der Waals surface area (Å²) in [6.07, 6.45) is 0.844. The van der Waals surface area contributed by atoms with Crippen LogP contribution in [0.4, 0.5) is 0 Å². The standard InChI is InChI=1S/C16H24ClN3O/c1-11(18)14(12-5-4-6-13(17)9-12)20-8-7-16(2,10-20)15(21)19-3/h4-6,9,11,14H,7-8,10,18H2,1-3H3,(H,19,21). The third-order valence-electron chi connectivity index (χ3n) is 4.36. The van der Waals surface area contributed by atoms with E-state index in [0.29, 0.717) is 11.6 Å². The average molecular weight is 310 g/mol. The molecule has 21 heavy (non-hydrogen) atoms. The lowest BCUT2D eigenvalue weighted by Crippen LogP contribution is -2.42. The first-order chi connectivity index (χ1) is 9.87. The zero-order valence-corrected chi connectivity index (χ0v) is 13.7. The molecule has 116 valence electrons. The number of halogens is 1. The molecule has 2 rings (SSSR count). The normalized spacial score (nSPS) is 25.6. The Morgan fingerprint density at radius 2 is 2.24 bits per heavy atom. The van der Waals surface area contributed by atoms with Crippen LogP contribution in [0, 0.1) is 5.41 Å². The summed E-state index contributed by atoms with van der Waals surface area (Å²) in [5, 5.41) is 3.48. The maximum Gasteiger partial charge on any atom is 0.227 e. The molecule has 1 aliphatic rings. The summed E-state index contributed by atoms with van der Waals surface area (Å²) in [6, 6.07) is 7.87. The van der Waals surface area contributed by atoms with Crippen LogP contribution in [0.2, 0.25) is 5.02 Å². The molecule has 1 fully saturated rings. The van der Waals surface area contributed by atoms with Crippen LogP contribution in [0.5, 0.6) is 0 Å². The monoisotopic (exact) mass is 309 g/mol. The molecule has 1 aromatic rings. The van der Waals surface area contributed by atoms with Crippen molar-refractivity contribution in [2.45, 2.75) is 32.4 Å². The van der Waals surface area contributed by atoms with Crippen LogP contribution < -0.4 is 11.1 Å². The van der Waals surface area contributed by atoms with E-state index in [1.807, 2.05) is 32.0 Å². The van der Waals surface area contributed by atoms with Gasteiger partial charge < -0.3 is 11.1 Å². The van der Waals surface area contributed by atoms with Gasteiger partial charge in [0.25, 0.3) is 0 Å². The zero-order valence-electron chi connectivity index (χ0n) is 12.9. The Kier molecular flexibility index (Phi) is 4.91. The van der Waals surface area contributed by atoms with Gasteiger partial charge in [-0.2, -0.15) is 0 Å². The first-order valence-electron chi connectivity index (χ1n) is 7.34. The highest BCUT2D eigenvalue weighted by atomic mass is 35.5. The molecular formula is C16H24ClN3O. The first kappa shape index (κ1) is 16.3. The van der Waals surface area contributed by atoms with Crippen molar-refractivity contribution >= 4 is 17.5 Å². The van der Waals surface area contributed by atoms with Gasteiger partial charge in [0.2, 0.25) is 5.91 Å². The van der Waals surface area contributed by atoms with Crippen molar-refractivity contribution in [3.63, 3.8) is 0 Å². The highest BCUT2D eigenvalue weighted by Gasteiger charge is 2.42. The van der Waals surface area contributed by atoms with Crippen LogP contribution in [0.25, 0.3) is 0 Å². The van der Waals surface area contributed by atoms with Crippen LogP contribution in [0.3, 0.4) is 0 Å². The fourth-order valence-electron chi connectivity index (χ4n) is 3.26.